The van der Waals surface area contributed by atoms with Gasteiger partial charge in [0, 0.05) is 37.9 Å². The molecular formula is C18H32IN3O2S. The number of thioether (sulfide) groups is 1. The van der Waals surface area contributed by atoms with Crippen LogP contribution in [0.2, 0.25) is 0 Å². The Morgan fingerprint density at radius 2 is 1.92 bits per heavy atom. The Bertz CT molecular complexity index is 527. The predicted molar refractivity (Wildman–Crippen MR) is 119 cm³/mol. The number of aliphatic imine (C=N–C) groups is 1. The molecule has 0 aliphatic rings. The van der Waals surface area contributed by atoms with Crippen LogP contribution in [0.3, 0.4) is 0 Å². The van der Waals surface area contributed by atoms with Crippen LogP contribution < -0.4 is 15.4 Å². The monoisotopic (exact) mass is 481 g/mol. The number of hydrogen-bond donors (Lipinski definition) is 2. The van der Waals surface area contributed by atoms with E-state index in [1.807, 2.05) is 43.8 Å². The number of guanidine groups is 1. The number of para-hydroxylation sites is 1. The van der Waals surface area contributed by atoms with E-state index in [0.717, 1.165) is 24.0 Å². The fourth-order valence-electron chi connectivity index (χ4n) is 1.89. The van der Waals surface area contributed by atoms with Gasteiger partial charge in [0.25, 0.3) is 0 Å². The van der Waals surface area contributed by atoms with Crippen LogP contribution in [-0.4, -0.2) is 51.7 Å². The van der Waals surface area contributed by atoms with Crippen LogP contribution in [0.5, 0.6) is 5.75 Å². The molecule has 0 spiro atoms. The summed E-state index contributed by atoms with van der Waals surface area (Å²) in [6.45, 7) is 7.87. The molecule has 7 heteroatoms. The van der Waals surface area contributed by atoms with E-state index < -0.39 is 0 Å². The van der Waals surface area contributed by atoms with Gasteiger partial charge in [0.2, 0.25) is 0 Å². The van der Waals surface area contributed by atoms with Gasteiger partial charge >= 0.3 is 0 Å². The van der Waals surface area contributed by atoms with E-state index >= 15 is 0 Å². The van der Waals surface area contributed by atoms with Gasteiger partial charge in [-0.15, -0.1) is 35.7 Å². The van der Waals surface area contributed by atoms with Gasteiger partial charge in [-0.2, -0.15) is 0 Å². The van der Waals surface area contributed by atoms with Gasteiger partial charge in [-0.1, -0.05) is 19.1 Å². The Balaban J connectivity index is 0.00000576. The van der Waals surface area contributed by atoms with Crippen molar-refractivity contribution in [3.05, 3.63) is 24.3 Å². The molecule has 0 aromatic heterocycles. The first-order valence-electron chi connectivity index (χ1n) is 8.17. The second-order valence-corrected chi connectivity index (χ2v) is 7.40. The molecule has 0 amide bonds. The number of halogens is 1. The highest BCUT2D eigenvalue weighted by molar-refractivity contribution is 14.0. The maximum absolute atomic E-state index is 5.41. The van der Waals surface area contributed by atoms with E-state index in [1.54, 1.807) is 21.3 Å². The van der Waals surface area contributed by atoms with Gasteiger partial charge in [0.15, 0.2) is 5.96 Å². The molecule has 0 fully saturated rings. The first-order valence-corrected chi connectivity index (χ1v) is 9.16. The van der Waals surface area contributed by atoms with Crippen LogP contribution in [-0.2, 0) is 4.74 Å². The molecule has 0 bridgehead atoms. The Hall–Kier alpha value is -0.670. The van der Waals surface area contributed by atoms with Gasteiger partial charge in [-0.25, -0.2) is 0 Å². The van der Waals surface area contributed by atoms with E-state index in [4.69, 9.17) is 9.47 Å². The summed E-state index contributed by atoms with van der Waals surface area (Å²) in [5, 5.41) is 6.66. The van der Waals surface area contributed by atoms with Crippen molar-refractivity contribution >= 4 is 41.7 Å². The summed E-state index contributed by atoms with van der Waals surface area (Å²) in [6.07, 6.45) is 0. The molecule has 1 aromatic rings. The van der Waals surface area contributed by atoms with Gasteiger partial charge in [0.1, 0.15) is 5.75 Å². The third-order valence-corrected chi connectivity index (χ3v) is 5.05. The normalized spacial score (nSPS) is 13.0. The minimum absolute atomic E-state index is 0. The van der Waals surface area contributed by atoms with Crippen LogP contribution in [0.25, 0.3) is 0 Å². The highest BCUT2D eigenvalue weighted by Gasteiger charge is 2.16. The molecule has 1 aromatic carbocycles. The van der Waals surface area contributed by atoms with E-state index in [-0.39, 0.29) is 29.6 Å². The molecule has 1 atom stereocenters. The Morgan fingerprint density at radius 1 is 1.24 bits per heavy atom. The minimum Gasteiger partial charge on any atom is -0.496 e. The lowest BCUT2D eigenvalue weighted by Gasteiger charge is -2.25. The van der Waals surface area contributed by atoms with Gasteiger partial charge in [-0.05, 0) is 31.9 Å². The molecular weight excluding hydrogens is 449 g/mol. The number of hydrogen-bond acceptors (Lipinski definition) is 4. The summed E-state index contributed by atoms with van der Waals surface area (Å²) < 4.78 is 10.8. The third-order valence-electron chi connectivity index (χ3n) is 3.67. The van der Waals surface area contributed by atoms with Crippen LogP contribution in [0.4, 0.5) is 0 Å². The topological polar surface area (TPSA) is 54.9 Å². The summed E-state index contributed by atoms with van der Waals surface area (Å²) in [5.41, 5.74) is -0.219. The third kappa shape index (κ3) is 9.55. The maximum atomic E-state index is 5.41. The lowest BCUT2D eigenvalue weighted by atomic mass is 10.1. The van der Waals surface area contributed by atoms with E-state index in [2.05, 4.69) is 28.6 Å². The zero-order chi connectivity index (χ0) is 18.0. The molecule has 0 aliphatic carbocycles. The second kappa shape index (κ2) is 12.6. The summed E-state index contributed by atoms with van der Waals surface area (Å²) in [6, 6.07) is 8.12. The Morgan fingerprint density at radius 3 is 2.52 bits per heavy atom. The summed E-state index contributed by atoms with van der Waals surface area (Å²) >= 11 is 1.81. The van der Waals surface area contributed by atoms with E-state index in [0.29, 0.717) is 12.5 Å². The average molecular weight is 481 g/mol. The fraction of sp³-hybridized carbons (Fsp3) is 0.611. The SMILES string of the molecule is CN=C(NCC(C)CSc1ccccc1OC)NCC(C)(C)OC.I. The molecule has 25 heavy (non-hydrogen) atoms. The lowest BCUT2D eigenvalue weighted by molar-refractivity contribution is 0.0268. The van der Waals surface area contributed by atoms with Crippen LogP contribution >= 0.6 is 35.7 Å². The van der Waals surface area contributed by atoms with E-state index in [9.17, 15) is 0 Å². The molecule has 0 radical (unpaired) electrons. The molecule has 5 nitrogen and oxygen atoms in total. The van der Waals surface area contributed by atoms with Crippen LogP contribution in [0.15, 0.2) is 34.2 Å². The number of benzene rings is 1. The summed E-state index contributed by atoms with van der Waals surface area (Å²) in [7, 11) is 5.21. The standard InChI is InChI=1S/C18H31N3O2S.HI/c1-14(12-24-16-10-8-7-9-15(16)22-5)11-20-17(19-4)21-13-18(2,3)23-6;/h7-10,14H,11-13H2,1-6H3,(H2,19,20,21);1H. The number of nitrogens with one attached hydrogen (secondary N) is 2. The van der Waals surface area contributed by atoms with Crippen molar-refractivity contribution in [3.63, 3.8) is 0 Å². The predicted octanol–water partition coefficient (Wildman–Crippen LogP) is 3.63. The number of ether oxygens (including phenoxy) is 2. The van der Waals surface area contributed by atoms with Gasteiger partial charge in [0.05, 0.1) is 12.7 Å². The first-order chi connectivity index (χ1) is 11.4. The van der Waals surface area contributed by atoms with Crippen molar-refractivity contribution in [2.75, 3.05) is 40.1 Å². The van der Waals surface area contributed by atoms with Crippen molar-refractivity contribution in [2.45, 2.75) is 31.3 Å². The highest BCUT2D eigenvalue weighted by Crippen LogP contribution is 2.29. The second-order valence-electron chi connectivity index (χ2n) is 6.34. The quantitative estimate of drug-likeness (QED) is 0.244. The average Bonchev–Trinajstić information content (AvgIpc) is 2.60. The van der Waals surface area contributed by atoms with Crippen molar-refractivity contribution in [1.29, 1.82) is 0 Å². The molecule has 0 saturated heterocycles. The molecule has 1 unspecified atom stereocenters. The highest BCUT2D eigenvalue weighted by atomic mass is 127. The number of rotatable bonds is 9. The van der Waals surface area contributed by atoms with Crippen molar-refractivity contribution < 1.29 is 9.47 Å². The Kier molecular flexibility index (Phi) is 12.3. The van der Waals surface area contributed by atoms with Gasteiger partial charge in [-0.3, -0.25) is 4.99 Å². The summed E-state index contributed by atoms with van der Waals surface area (Å²) in [4.78, 5) is 5.43. The Labute approximate surface area is 173 Å². The zero-order valence-electron chi connectivity index (χ0n) is 16.1. The van der Waals surface area contributed by atoms with Crippen LogP contribution in [0, 0.1) is 5.92 Å². The molecule has 1 rings (SSSR count). The smallest absolute Gasteiger partial charge is 0.191 e. The largest absolute Gasteiger partial charge is 0.496 e. The molecule has 2 N–H and O–H groups in total. The van der Waals surface area contributed by atoms with Crippen LogP contribution in [0.1, 0.15) is 20.8 Å². The fourth-order valence-corrected chi connectivity index (χ4v) is 2.94. The van der Waals surface area contributed by atoms with Crippen molar-refractivity contribution in [1.82, 2.24) is 10.6 Å². The summed E-state index contributed by atoms with van der Waals surface area (Å²) in [5.74, 6) is 3.23. The lowest BCUT2D eigenvalue weighted by Crippen LogP contribution is -2.46. The molecule has 0 aliphatic heterocycles. The zero-order valence-corrected chi connectivity index (χ0v) is 19.2. The van der Waals surface area contributed by atoms with Gasteiger partial charge < -0.3 is 20.1 Å². The number of nitrogens with zero attached hydrogens (tertiary/aromatic N) is 1. The first kappa shape index (κ1) is 24.3. The van der Waals surface area contributed by atoms with Crippen molar-refractivity contribution in [2.24, 2.45) is 10.9 Å². The van der Waals surface area contributed by atoms with E-state index in [1.165, 1.54) is 4.90 Å². The van der Waals surface area contributed by atoms with Crippen molar-refractivity contribution in [3.8, 4) is 5.75 Å². The molecule has 0 saturated carbocycles. The maximum Gasteiger partial charge on any atom is 0.191 e. The number of methoxy groups -OCH3 is 2. The molecule has 144 valence electrons. The molecule has 0 heterocycles. The minimum atomic E-state index is -0.219.